The average Bonchev–Trinajstić information content (AvgIpc) is 3.14. The quantitative estimate of drug-likeness (QED) is 0.517. The average molecular weight is 272 g/mol. The van der Waals surface area contributed by atoms with Gasteiger partial charge in [0.1, 0.15) is 6.04 Å². The van der Waals surface area contributed by atoms with E-state index in [9.17, 15) is 14.4 Å². The second-order valence-electron chi connectivity index (χ2n) is 4.99. The van der Waals surface area contributed by atoms with Gasteiger partial charge in [-0.15, -0.1) is 0 Å². The molecule has 0 aromatic heterocycles. The van der Waals surface area contributed by atoms with E-state index in [0.29, 0.717) is 18.4 Å². The van der Waals surface area contributed by atoms with Crippen molar-refractivity contribution in [1.29, 1.82) is 0 Å². The number of rotatable bonds is 8. The zero-order chi connectivity index (χ0) is 14.4. The summed E-state index contributed by atoms with van der Waals surface area (Å²) in [4.78, 5) is 32.8. The summed E-state index contributed by atoms with van der Waals surface area (Å²) in [5, 5.41) is 22.3. The molecule has 1 saturated carbocycles. The Bertz CT molecular complexity index is 354. The molecule has 1 rings (SSSR count). The lowest BCUT2D eigenvalue weighted by Crippen LogP contribution is -2.47. The number of nitrogens with one attached hydrogen (secondary N) is 2. The first-order valence-corrected chi connectivity index (χ1v) is 6.39. The molecule has 0 heterocycles. The molecule has 108 valence electrons. The van der Waals surface area contributed by atoms with E-state index >= 15 is 0 Å². The molecular weight excluding hydrogens is 252 g/mol. The van der Waals surface area contributed by atoms with Crippen LogP contribution in [0.5, 0.6) is 0 Å². The third-order valence-electron chi connectivity index (χ3n) is 3.26. The van der Waals surface area contributed by atoms with Crippen LogP contribution in [0.3, 0.4) is 0 Å². The first-order valence-electron chi connectivity index (χ1n) is 6.39. The van der Waals surface area contributed by atoms with Crippen molar-refractivity contribution in [3.8, 4) is 0 Å². The standard InChI is InChI=1S/C12H20N2O5/c1-7(8-2-3-8)6-13-12(19)14-9(11(17)18)4-5-10(15)16/h7-9H,2-6H2,1H3,(H,15,16)(H,17,18)(H2,13,14,19). The highest BCUT2D eigenvalue weighted by Gasteiger charge is 2.28. The monoisotopic (exact) mass is 272 g/mol. The van der Waals surface area contributed by atoms with Crippen LogP contribution in [0.4, 0.5) is 4.79 Å². The maximum Gasteiger partial charge on any atom is 0.326 e. The zero-order valence-electron chi connectivity index (χ0n) is 10.9. The minimum Gasteiger partial charge on any atom is -0.481 e. The normalized spacial score (nSPS) is 17.3. The van der Waals surface area contributed by atoms with Gasteiger partial charge in [-0.25, -0.2) is 9.59 Å². The number of carboxylic acid groups (broad SMARTS) is 2. The highest BCUT2D eigenvalue weighted by molar-refractivity contribution is 5.82. The predicted molar refractivity (Wildman–Crippen MR) is 66.7 cm³/mol. The molecule has 0 spiro atoms. The molecule has 2 amide bonds. The largest absolute Gasteiger partial charge is 0.481 e. The summed E-state index contributed by atoms with van der Waals surface area (Å²) < 4.78 is 0. The van der Waals surface area contributed by atoms with Crippen LogP contribution in [0.25, 0.3) is 0 Å². The maximum atomic E-state index is 11.5. The van der Waals surface area contributed by atoms with Gasteiger partial charge in [0.05, 0.1) is 0 Å². The third kappa shape index (κ3) is 6.08. The Morgan fingerprint density at radius 3 is 2.37 bits per heavy atom. The van der Waals surface area contributed by atoms with Crippen molar-refractivity contribution in [1.82, 2.24) is 10.6 Å². The second-order valence-corrected chi connectivity index (χ2v) is 4.99. The van der Waals surface area contributed by atoms with E-state index in [1.165, 1.54) is 12.8 Å². The summed E-state index contributed by atoms with van der Waals surface area (Å²) in [5.74, 6) is -1.28. The maximum absolute atomic E-state index is 11.5. The van der Waals surface area contributed by atoms with Crippen LogP contribution in [0.1, 0.15) is 32.6 Å². The molecular formula is C12H20N2O5. The fraction of sp³-hybridized carbons (Fsp3) is 0.750. The summed E-state index contributed by atoms with van der Waals surface area (Å²) in [6.45, 7) is 2.54. The third-order valence-corrected chi connectivity index (χ3v) is 3.26. The Kier molecular flexibility index (Phi) is 5.59. The minimum atomic E-state index is -1.23. The summed E-state index contributed by atoms with van der Waals surface area (Å²) in [6, 6.07) is -1.74. The Labute approximate surface area is 111 Å². The van der Waals surface area contributed by atoms with Crippen molar-refractivity contribution in [2.45, 2.75) is 38.6 Å². The highest BCUT2D eigenvalue weighted by Crippen LogP contribution is 2.35. The summed E-state index contributed by atoms with van der Waals surface area (Å²) in [7, 11) is 0. The van der Waals surface area contributed by atoms with E-state index < -0.39 is 24.0 Å². The van der Waals surface area contributed by atoms with Gasteiger partial charge >= 0.3 is 18.0 Å². The first kappa shape index (κ1) is 15.3. The van der Waals surface area contributed by atoms with Gasteiger partial charge in [-0.1, -0.05) is 6.92 Å². The lowest BCUT2D eigenvalue weighted by atomic mass is 10.1. The highest BCUT2D eigenvalue weighted by atomic mass is 16.4. The smallest absolute Gasteiger partial charge is 0.326 e. The minimum absolute atomic E-state index is 0.129. The van der Waals surface area contributed by atoms with Crippen LogP contribution < -0.4 is 10.6 Å². The van der Waals surface area contributed by atoms with E-state index in [2.05, 4.69) is 10.6 Å². The number of urea groups is 1. The SMILES string of the molecule is CC(CNC(=O)NC(CCC(=O)O)C(=O)O)C1CC1. The molecule has 0 radical (unpaired) electrons. The van der Waals surface area contributed by atoms with Crippen LogP contribution in [0, 0.1) is 11.8 Å². The number of carboxylic acids is 2. The van der Waals surface area contributed by atoms with Crippen molar-refractivity contribution in [3.63, 3.8) is 0 Å². The van der Waals surface area contributed by atoms with Crippen molar-refractivity contribution >= 4 is 18.0 Å². The van der Waals surface area contributed by atoms with Gasteiger partial charge in [0.25, 0.3) is 0 Å². The summed E-state index contributed by atoms with van der Waals surface area (Å²) >= 11 is 0. The number of amides is 2. The van der Waals surface area contributed by atoms with Crippen LogP contribution in [-0.4, -0.2) is 40.8 Å². The van der Waals surface area contributed by atoms with Crippen molar-refractivity contribution in [2.24, 2.45) is 11.8 Å². The molecule has 1 fully saturated rings. The molecule has 1 aliphatic rings. The van der Waals surface area contributed by atoms with Gasteiger partial charge in [-0.3, -0.25) is 4.79 Å². The lowest BCUT2D eigenvalue weighted by Gasteiger charge is -2.16. The second kappa shape index (κ2) is 6.96. The fourth-order valence-electron chi connectivity index (χ4n) is 1.82. The van der Waals surface area contributed by atoms with Crippen LogP contribution in [0.15, 0.2) is 0 Å². The van der Waals surface area contributed by atoms with Gasteiger partial charge in [-0.2, -0.15) is 0 Å². The van der Waals surface area contributed by atoms with Crippen LogP contribution >= 0.6 is 0 Å². The van der Waals surface area contributed by atoms with E-state index in [0.717, 1.165) is 0 Å². The molecule has 2 unspecified atom stereocenters. The molecule has 0 bridgehead atoms. The summed E-state index contributed by atoms with van der Waals surface area (Å²) in [5.41, 5.74) is 0. The Balaban J connectivity index is 2.29. The zero-order valence-corrected chi connectivity index (χ0v) is 10.9. The molecule has 1 aliphatic carbocycles. The van der Waals surface area contributed by atoms with E-state index in [1.807, 2.05) is 6.92 Å². The van der Waals surface area contributed by atoms with Gasteiger partial charge in [-0.05, 0) is 31.1 Å². The molecule has 0 aromatic rings. The number of carbonyl (C=O) groups is 3. The molecule has 0 aliphatic heterocycles. The number of aliphatic carboxylic acids is 2. The number of hydrogen-bond acceptors (Lipinski definition) is 3. The predicted octanol–water partition coefficient (Wildman–Crippen LogP) is 0.650. The molecule has 0 saturated heterocycles. The topological polar surface area (TPSA) is 116 Å². The van der Waals surface area contributed by atoms with Crippen molar-refractivity contribution in [3.05, 3.63) is 0 Å². The molecule has 7 heteroatoms. The Morgan fingerprint density at radius 2 is 1.89 bits per heavy atom. The summed E-state index contributed by atoms with van der Waals surface area (Å²) in [6.07, 6.45) is 1.94. The molecule has 19 heavy (non-hydrogen) atoms. The molecule has 4 N–H and O–H groups in total. The van der Waals surface area contributed by atoms with Gasteiger partial charge in [0, 0.05) is 13.0 Å². The van der Waals surface area contributed by atoms with Crippen molar-refractivity contribution in [2.75, 3.05) is 6.54 Å². The van der Waals surface area contributed by atoms with Gasteiger partial charge in [0.2, 0.25) is 0 Å². The number of carbonyl (C=O) groups excluding carboxylic acids is 1. The first-order chi connectivity index (χ1) is 8.90. The number of hydrogen-bond donors (Lipinski definition) is 4. The van der Waals surface area contributed by atoms with E-state index in [4.69, 9.17) is 10.2 Å². The van der Waals surface area contributed by atoms with E-state index in [-0.39, 0.29) is 12.8 Å². The Hall–Kier alpha value is -1.79. The van der Waals surface area contributed by atoms with E-state index in [1.54, 1.807) is 0 Å². The lowest BCUT2D eigenvalue weighted by molar-refractivity contribution is -0.140. The van der Waals surface area contributed by atoms with Crippen molar-refractivity contribution < 1.29 is 24.6 Å². The fourth-order valence-corrected chi connectivity index (χ4v) is 1.82. The Morgan fingerprint density at radius 1 is 1.26 bits per heavy atom. The van der Waals surface area contributed by atoms with Gasteiger partial charge < -0.3 is 20.8 Å². The van der Waals surface area contributed by atoms with Crippen LogP contribution in [0.2, 0.25) is 0 Å². The van der Waals surface area contributed by atoms with Gasteiger partial charge in [0.15, 0.2) is 0 Å². The van der Waals surface area contributed by atoms with Crippen LogP contribution in [-0.2, 0) is 9.59 Å². The molecule has 2 atom stereocenters. The molecule has 7 nitrogen and oxygen atoms in total. The molecule has 0 aromatic carbocycles.